The largest absolute Gasteiger partial charge is 0.478 e. The molecular formula is C13H14F3NO4. The van der Waals surface area contributed by atoms with E-state index in [1.165, 1.54) is 0 Å². The predicted octanol–water partition coefficient (Wildman–Crippen LogP) is 2.83. The van der Waals surface area contributed by atoms with Gasteiger partial charge in [-0.05, 0) is 18.8 Å². The molecule has 5 nitrogen and oxygen atoms in total. The van der Waals surface area contributed by atoms with Crippen LogP contribution in [-0.2, 0) is 0 Å². The summed E-state index contributed by atoms with van der Waals surface area (Å²) in [5, 5.41) is 10.6. The second-order valence-corrected chi connectivity index (χ2v) is 5.04. The van der Waals surface area contributed by atoms with E-state index in [4.69, 9.17) is 9.52 Å². The third-order valence-corrected chi connectivity index (χ3v) is 3.58. The summed E-state index contributed by atoms with van der Waals surface area (Å²) >= 11 is 0. The van der Waals surface area contributed by atoms with Gasteiger partial charge in [0.05, 0.1) is 5.56 Å². The van der Waals surface area contributed by atoms with Gasteiger partial charge in [0.1, 0.15) is 12.3 Å². The number of rotatable bonds is 4. The minimum absolute atomic E-state index is 0.287. The molecule has 116 valence electrons. The monoisotopic (exact) mass is 305 g/mol. The number of carboxylic acids is 1. The number of hydrogen-bond donors (Lipinski definition) is 2. The highest BCUT2D eigenvalue weighted by atomic mass is 19.4. The van der Waals surface area contributed by atoms with Crippen LogP contribution in [0.15, 0.2) is 16.7 Å². The Morgan fingerprint density at radius 1 is 1.33 bits per heavy atom. The van der Waals surface area contributed by atoms with Crippen LogP contribution >= 0.6 is 0 Å². The minimum Gasteiger partial charge on any atom is -0.478 e. The standard InChI is InChI=1S/C13H14F3NO4/c14-13(15,16)10(7-3-1-2-4-7)17-11(18)9-5-8(6-21-9)12(19)20/h5-7,10H,1-4H2,(H,17,18)(H,19,20). The van der Waals surface area contributed by atoms with Gasteiger partial charge in [-0.1, -0.05) is 12.8 Å². The number of nitrogens with one attached hydrogen (secondary N) is 1. The SMILES string of the molecule is O=C(O)c1coc(C(=O)NC(C2CCCC2)C(F)(F)F)c1. The van der Waals surface area contributed by atoms with Crippen LogP contribution in [0.2, 0.25) is 0 Å². The molecule has 8 heteroatoms. The van der Waals surface area contributed by atoms with Crippen molar-refractivity contribution in [2.24, 2.45) is 5.92 Å². The van der Waals surface area contributed by atoms with E-state index in [0.29, 0.717) is 25.7 Å². The zero-order valence-corrected chi connectivity index (χ0v) is 10.9. The van der Waals surface area contributed by atoms with Gasteiger partial charge in [0, 0.05) is 6.07 Å². The van der Waals surface area contributed by atoms with Gasteiger partial charge >= 0.3 is 12.1 Å². The summed E-state index contributed by atoms with van der Waals surface area (Å²) in [7, 11) is 0. The molecule has 0 aromatic carbocycles. The molecule has 1 aromatic rings. The Kier molecular flexibility index (Phi) is 4.24. The van der Waals surface area contributed by atoms with Gasteiger partial charge in [-0.2, -0.15) is 13.2 Å². The summed E-state index contributed by atoms with van der Waals surface area (Å²) in [4.78, 5) is 22.5. The van der Waals surface area contributed by atoms with Gasteiger partial charge in [0.25, 0.3) is 5.91 Å². The van der Waals surface area contributed by atoms with Crippen molar-refractivity contribution in [2.75, 3.05) is 0 Å². The highest BCUT2D eigenvalue weighted by molar-refractivity contribution is 5.95. The van der Waals surface area contributed by atoms with E-state index in [1.54, 1.807) is 0 Å². The Balaban J connectivity index is 2.11. The van der Waals surface area contributed by atoms with Crippen LogP contribution in [0, 0.1) is 5.92 Å². The van der Waals surface area contributed by atoms with Crippen LogP contribution in [0.1, 0.15) is 46.6 Å². The van der Waals surface area contributed by atoms with E-state index in [9.17, 15) is 22.8 Å². The quantitative estimate of drug-likeness (QED) is 0.896. The first-order valence-electron chi connectivity index (χ1n) is 6.48. The molecule has 2 rings (SSSR count). The second kappa shape index (κ2) is 5.79. The van der Waals surface area contributed by atoms with Crippen molar-refractivity contribution in [1.29, 1.82) is 0 Å². The van der Waals surface area contributed by atoms with Crippen molar-refractivity contribution >= 4 is 11.9 Å². The normalized spacial score (nSPS) is 17.7. The zero-order chi connectivity index (χ0) is 15.6. The summed E-state index contributed by atoms with van der Waals surface area (Å²) in [6.07, 6.45) is -1.51. The average molecular weight is 305 g/mol. The third kappa shape index (κ3) is 3.56. The molecule has 1 aromatic heterocycles. The lowest BCUT2D eigenvalue weighted by atomic mass is 9.97. The van der Waals surface area contributed by atoms with Crippen molar-refractivity contribution in [3.63, 3.8) is 0 Å². The molecule has 1 aliphatic rings. The fraction of sp³-hybridized carbons (Fsp3) is 0.538. The number of amides is 1. The predicted molar refractivity (Wildman–Crippen MR) is 64.9 cm³/mol. The summed E-state index contributed by atoms with van der Waals surface area (Å²) in [6, 6.07) is -1.04. The molecule has 21 heavy (non-hydrogen) atoms. The fourth-order valence-corrected chi connectivity index (χ4v) is 2.54. The lowest BCUT2D eigenvalue weighted by Crippen LogP contribution is -2.49. The lowest BCUT2D eigenvalue weighted by Gasteiger charge is -2.26. The van der Waals surface area contributed by atoms with Crippen molar-refractivity contribution in [3.05, 3.63) is 23.7 Å². The van der Waals surface area contributed by atoms with Gasteiger partial charge in [-0.15, -0.1) is 0 Å². The van der Waals surface area contributed by atoms with E-state index >= 15 is 0 Å². The summed E-state index contributed by atoms with van der Waals surface area (Å²) in [5.74, 6) is -3.47. The van der Waals surface area contributed by atoms with Gasteiger partial charge in [0.15, 0.2) is 5.76 Å². The molecule has 2 N–H and O–H groups in total. The highest BCUT2D eigenvalue weighted by Gasteiger charge is 2.46. The van der Waals surface area contributed by atoms with Crippen LogP contribution in [-0.4, -0.2) is 29.2 Å². The molecule has 1 unspecified atom stereocenters. The Bertz CT molecular complexity index is 532. The molecule has 0 spiro atoms. The van der Waals surface area contributed by atoms with Gasteiger partial charge < -0.3 is 14.8 Å². The zero-order valence-electron chi connectivity index (χ0n) is 10.9. The molecule has 1 atom stereocenters. The van der Waals surface area contributed by atoms with Crippen LogP contribution < -0.4 is 5.32 Å². The number of furan rings is 1. The number of hydrogen-bond acceptors (Lipinski definition) is 3. The summed E-state index contributed by atoms with van der Waals surface area (Å²) in [5.41, 5.74) is -0.287. The molecule has 0 saturated heterocycles. The summed E-state index contributed by atoms with van der Waals surface area (Å²) in [6.45, 7) is 0. The number of carboxylic acid groups (broad SMARTS) is 1. The molecule has 1 saturated carbocycles. The molecule has 1 amide bonds. The van der Waals surface area contributed by atoms with Crippen molar-refractivity contribution in [1.82, 2.24) is 5.32 Å². The molecule has 0 bridgehead atoms. The Morgan fingerprint density at radius 2 is 1.95 bits per heavy atom. The van der Waals surface area contributed by atoms with E-state index < -0.39 is 35.8 Å². The van der Waals surface area contributed by atoms with Crippen LogP contribution in [0.3, 0.4) is 0 Å². The van der Waals surface area contributed by atoms with E-state index in [0.717, 1.165) is 12.3 Å². The van der Waals surface area contributed by atoms with Crippen LogP contribution in [0.5, 0.6) is 0 Å². The first kappa shape index (κ1) is 15.4. The smallest absolute Gasteiger partial charge is 0.408 e. The number of carbonyl (C=O) groups is 2. The molecule has 1 aliphatic carbocycles. The molecule has 1 heterocycles. The Labute approximate surface area is 118 Å². The van der Waals surface area contributed by atoms with Crippen LogP contribution in [0.25, 0.3) is 0 Å². The van der Waals surface area contributed by atoms with Crippen molar-refractivity contribution in [2.45, 2.75) is 37.9 Å². The highest BCUT2D eigenvalue weighted by Crippen LogP contribution is 2.35. The van der Waals surface area contributed by atoms with Gasteiger partial charge in [-0.3, -0.25) is 4.79 Å². The lowest BCUT2D eigenvalue weighted by molar-refractivity contribution is -0.164. The van der Waals surface area contributed by atoms with Gasteiger partial charge in [0.2, 0.25) is 0 Å². The maximum atomic E-state index is 13.0. The maximum absolute atomic E-state index is 13.0. The Morgan fingerprint density at radius 3 is 2.43 bits per heavy atom. The maximum Gasteiger partial charge on any atom is 0.408 e. The third-order valence-electron chi connectivity index (χ3n) is 3.58. The van der Waals surface area contributed by atoms with Crippen LogP contribution in [0.4, 0.5) is 13.2 Å². The second-order valence-electron chi connectivity index (χ2n) is 5.04. The minimum atomic E-state index is -4.55. The van der Waals surface area contributed by atoms with E-state index in [2.05, 4.69) is 0 Å². The topological polar surface area (TPSA) is 79.5 Å². The van der Waals surface area contributed by atoms with E-state index in [1.807, 2.05) is 5.32 Å². The average Bonchev–Trinajstić information content (AvgIpc) is 3.05. The van der Waals surface area contributed by atoms with Gasteiger partial charge in [-0.25, -0.2) is 4.79 Å². The van der Waals surface area contributed by atoms with Crippen molar-refractivity contribution in [3.8, 4) is 0 Å². The molecule has 0 radical (unpaired) electrons. The molecular weight excluding hydrogens is 291 g/mol. The van der Waals surface area contributed by atoms with Crippen molar-refractivity contribution < 1.29 is 32.3 Å². The first-order chi connectivity index (χ1) is 9.79. The number of halogens is 3. The number of aromatic carboxylic acids is 1. The van der Waals surface area contributed by atoms with E-state index in [-0.39, 0.29) is 5.56 Å². The fourth-order valence-electron chi connectivity index (χ4n) is 2.54. The number of carbonyl (C=O) groups excluding carboxylic acids is 1. The molecule has 1 fully saturated rings. The first-order valence-corrected chi connectivity index (χ1v) is 6.48. The Hall–Kier alpha value is -1.99. The molecule has 0 aliphatic heterocycles. The summed E-state index contributed by atoms with van der Waals surface area (Å²) < 4.78 is 43.8. The number of alkyl halides is 3.